The predicted molar refractivity (Wildman–Crippen MR) is 57.5 cm³/mol. The maximum atomic E-state index is 6.03. The smallest absolute Gasteiger partial charge is 0.0945 e. The molecule has 1 radical (unpaired) electrons. The van der Waals surface area contributed by atoms with Crippen LogP contribution in [0, 0.1) is 6.20 Å². The average Bonchev–Trinajstić information content (AvgIpc) is 2.51. The molecule has 0 saturated heterocycles. The Morgan fingerprint density at radius 1 is 1.36 bits per heavy atom. The van der Waals surface area contributed by atoms with Crippen LogP contribution < -0.4 is 0 Å². The van der Waals surface area contributed by atoms with Gasteiger partial charge in [0.2, 0.25) is 0 Å². The molecule has 0 aliphatic carbocycles. The minimum absolute atomic E-state index is 0.601. The third-order valence-electron chi connectivity index (χ3n) is 1.85. The van der Waals surface area contributed by atoms with E-state index in [2.05, 4.69) is 11.3 Å². The summed E-state index contributed by atoms with van der Waals surface area (Å²) in [7, 11) is 1.81. The lowest BCUT2D eigenvalue weighted by Crippen LogP contribution is -1.88. The molecule has 71 valence electrons. The molecule has 0 amide bonds. The van der Waals surface area contributed by atoms with E-state index >= 15 is 0 Å². The van der Waals surface area contributed by atoms with Crippen LogP contribution in [0.4, 0.5) is 0 Å². The minimum atomic E-state index is 0.601. The lowest BCUT2D eigenvalue weighted by Gasteiger charge is -2.00. The van der Waals surface area contributed by atoms with Crippen molar-refractivity contribution in [3.05, 3.63) is 40.5 Å². The molecule has 14 heavy (non-hydrogen) atoms. The maximum absolute atomic E-state index is 6.03. The number of aromatic nitrogens is 2. The molecule has 0 spiro atoms. The molecule has 0 fully saturated rings. The number of benzene rings is 1. The monoisotopic (exact) mass is 225 g/mol. The van der Waals surface area contributed by atoms with Gasteiger partial charge in [0.25, 0.3) is 0 Å². The Kier molecular flexibility index (Phi) is 2.48. The summed E-state index contributed by atoms with van der Waals surface area (Å²) in [6.07, 6.45) is 2.92. The van der Waals surface area contributed by atoms with Gasteiger partial charge in [0.05, 0.1) is 16.9 Å². The first-order valence-electron chi connectivity index (χ1n) is 4.04. The van der Waals surface area contributed by atoms with E-state index in [0.717, 1.165) is 11.3 Å². The highest BCUT2D eigenvalue weighted by atomic mass is 35.5. The molecule has 0 aliphatic rings. The Labute approximate surface area is 92.1 Å². The molecule has 0 bridgehead atoms. The summed E-state index contributed by atoms with van der Waals surface area (Å²) in [5, 5.41) is 5.43. The van der Waals surface area contributed by atoms with Gasteiger partial charge in [-0.05, 0) is 24.3 Å². The van der Waals surface area contributed by atoms with Crippen molar-refractivity contribution in [2.24, 2.45) is 7.05 Å². The van der Waals surface area contributed by atoms with E-state index in [1.165, 1.54) is 0 Å². The fraction of sp³-hybridized carbons (Fsp3) is 0.100. The van der Waals surface area contributed by atoms with E-state index in [0.29, 0.717) is 10.0 Å². The summed E-state index contributed by atoms with van der Waals surface area (Å²) in [5.74, 6) is 0. The van der Waals surface area contributed by atoms with Crippen molar-refractivity contribution >= 4 is 23.2 Å². The van der Waals surface area contributed by atoms with Gasteiger partial charge in [-0.25, -0.2) is 0 Å². The van der Waals surface area contributed by atoms with Gasteiger partial charge in [-0.15, -0.1) is 0 Å². The molecule has 1 aromatic carbocycles. The standard InChI is InChI=1S/C10H7Cl2N2/c1-14-5-4-10(13-14)8-3-2-7(11)6-9(8)12/h2-4,6H,1H3. The molecule has 0 saturated carbocycles. The lowest BCUT2D eigenvalue weighted by molar-refractivity contribution is 0.765. The molecule has 0 atom stereocenters. The van der Waals surface area contributed by atoms with Crippen molar-refractivity contribution in [1.82, 2.24) is 9.78 Å². The van der Waals surface area contributed by atoms with E-state index in [9.17, 15) is 0 Å². The third kappa shape index (κ3) is 1.76. The van der Waals surface area contributed by atoms with Crippen LogP contribution >= 0.6 is 23.2 Å². The van der Waals surface area contributed by atoms with Crippen LogP contribution in [-0.4, -0.2) is 9.78 Å². The van der Waals surface area contributed by atoms with Gasteiger partial charge in [0.15, 0.2) is 0 Å². The van der Waals surface area contributed by atoms with Gasteiger partial charge in [-0.3, -0.25) is 4.68 Å². The van der Waals surface area contributed by atoms with Crippen LogP contribution in [0.15, 0.2) is 24.3 Å². The van der Waals surface area contributed by atoms with Crippen molar-refractivity contribution in [2.75, 3.05) is 0 Å². The first-order valence-corrected chi connectivity index (χ1v) is 4.79. The molecule has 1 aromatic heterocycles. The highest BCUT2D eigenvalue weighted by molar-refractivity contribution is 6.36. The zero-order valence-corrected chi connectivity index (χ0v) is 8.97. The normalized spacial score (nSPS) is 10.5. The highest BCUT2D eigenvalue weighted by Crippen LogP contribution is 2.28. The Balaban J connectivity index is 2.52. The van der Waals surface area contributed by atoms with E-state index in [1.807, 2.05) is 13.1 Å². The van der Waals surface area contributed by atoms with E-state index in [-0.39, 0.29) is 0 Å². The number of hydrogen-bond donors (Lipinski definition) is 0. The Morgan fingerprint density at radius 2 is 2.14 bits per heavy atom. The first kappa shape index (κ1) is 9.56. The zero-order chi connectivity index (χ0) is 10.1. The molecule has 4 heteroatoms. The van der Waals surface area contributed by atoms with E-state index < -0.39 is 0 Å². The van der Waals surface area contributed by atoms with Crippen molar-refractivity contribution in [1.29, 1.82) is 0 Å². The summed E-state index contributed by atoms with van der Waals surface area (Å²) in [6, 6.07) is 7.13. The second-order valence-corrected chi connectivity index (χ2v) is 3.75. The number of rotatable bonds is 1. The fourth-order valence-corrected chi connectivity index (χ4v) is 1.71. The Bertz CT molecular complexity index is 463. The van der Waals surface area contributed by atoms with Crippen molar-refractivity contribution < 1.29 is 0 Å². The molecule has 2 aromatic rings. The van der Waals surface area contributed by atoms with Crippen LogP contribution in [0.1, 0.15) is 0 Å². The summed E-state index contributed by atoms with van der Waals surface area (Å²) >= 11 is 11.8. The van der Waals surface area contributed by atoms with Crippen LogP contribution in [0.25, 0.3) is 11.3 Å². The van der Waals surface area contributed by atoms with Crippen LogP contribution in [-0.2, 0) is 7.05 Å². The molecule has 0 N–H and O–H groups in total. The summed E-state index contributed by atoms with van der Waals surface area (Å²) < 4.78 is 1.61. The van der Waals surface area contributed by atoms with Crippen LogP contribution in [0.5, 0.6) is 0 Å². The molecular weight excluding hydrogens is 219 g/mol. The first-order chi connectivity index (χ1) is 6.66. The summed E-state index contributed by atoms with van der Waals surface area (Å²) in [6.45, 7) is 0. The molecule has 2 rings (SSSR count). The number of aryl methyl sites for hydroxylation is 1. The lowest BCUT2D eigenvalue weighted by atomic mass is 10.1. The minimum Gasteiger partial charge on any atom is -0.266 e. The highest BCUT2D eigenvalue weighted by Gasteiger charge is 2.06. The van der Waals surface area contributed by atoms with Gasteiger partial charge in [0, 0.05) is 17.6 Å². The van der Waals surface area contributed by atoms with Crippen molar-refractivity contribution in [2.45, 2.75) is 0 Å². The van der Waals surface area contributed by atoms with Gasteiger partial charge in [0.1, 0.15) is 0 Å². The molecular formula is C10H7Cl2N2. The maximum Gasteiger partial charge on any atom is 0.0945 e. The van der Waals surface area contributed by atoms with Crippen LogP contribution in [0.3, 0.4) is 0 Å². The quantitative estimate of drug-likeness (QED) is 0.730. The second-order valence-electron chi connectivity index (χ2n) is 2.91. The molecule has 2 nitrogen and oxygen atoms in total. The fourth-order valence-electron chi connectivity index (χ4n) is 1.20. The largest absolute Gasteiger partial charge is 0.266 e. The van der Waals surface area contributed by atoms with Gasteiger partial charge < -0.3 is 0 Å². The summed E-state index contributed by atoms with van der Waals surface area (Å²) in [4.78, 5) is 0. The zero-order valence-electron chi connectivity index (χ0n) is 7.46. The van der Waals surface area contributed by atoms with E-state index in [4.69, 9.17) is 23.2 Å². The molecule has 1 heterocycles. The predicted octanol–water partition coefficient (Wildman–Crippen LogP) is 3.19. The van der Waals surface area contributed by atoms with Crippen molar-refractivity contribution in [3.63, 3.8) is 0 Å². The van der Waals surface area contributed by atoms with Gasteiger partial charge in [-0.2, -0.15) is 5.10 Å². The van der Waals surface area contributed by atoms with Gasteiger partial charge in [-0.1, -0.05) is 23.2 Å². The number of hydrogen-bond acceptors (Lipinski definition) is 1. The SMILES string of the molecule is Cn1[c]cc(-c2ccc(Cl)cc2Cl)n1. The van der Waals surface area contributed by atoms with Gasteiger partial charge >= 0.3 is 0 Å². The van der Waals surface area contributed by atoms with Crippen molar-refractivity contribution in [3.8, 4) is 11.3 Å². The Hall–Kier alpha value is -0.990. The summed E-state index contributed by atoms with van der Waals surface area (Å²) in [5.41, 5.74) is 1.67. The molecule has 0 aliphatic heterocycles. The number of nitrogens with zero attached hydrogens (tertiary/aromatic N) is 2. The molecule has 0 unspecified atom stereocenters. The Morgan fingerprint density at radius 3 is 2.71 bits per heavy atom. The second kappa shape index (κ2) is 3.64. The van der Waals surface area contributed by atoms with Crippen LogP contribution in [0.2, 0.25) is 10.0 Å². The van der Waals surface area contributed by atoms with E-state index in [1.54, 1.807) is 22.9 Å². The topological polar surface area (TPSA) is 17.8 Å². The number of halogens is 2. The third-order valence-corrected chi connectivity index (χ3v) is 2.40. The average molecular weight is 226 g/mol.